The Morgan fingerprint density at radius 1 is 1.32 bits per heavy atom. The van der Waals surface area contributed by atoms with Crippen LogP contribution in [0, 0.1) is 0 Å². The number of primary sulfonamides is 1. The molecule has 0 bridgehead atoms. The van der Waals surface area contributed by atoms with Crippen LogP contribution in [0.25, 0.3) is 0 Å². The Bertz CT molecular complexity index is 545. The minimum absolute atomic E-state index is 0.117. The van der Waals surface area contributed by atoms with Crippen LogP contribution in [0.5, 0.6) is 5.75 Å². The third-order valence-electron chi connectivity index (χ3n) is 2.07. The van der Waals surface area contributed by atoms with E-state index in [-0.39, 0.29) is 28.7 Å². The smallest absolute Gasteiger partial charge is 0.389 e. The van der Waals surface area contributed by atoms with Crippen LogP contribution >= 0.6 is 11.6 Å². The van der Waals surface area contributed by atoms with Crippen molar-refractivity contribution in [1.29, 1.82) is 0 Å². The van der Waals surface area contributed by atoms with Crippen molar-refractivity contribution in [2.24, 2.45) is 5.14 Å². The van der Waals surface area contributed by atoms with Crippen molar-refractivity contribution in [3.8, 4) is 5.75 Å². The van der Waals surface area contributed by atoms with Gasteiger partial charge in [-0.1, -0.05) is 11.6 Å². The fraction of sp³-hybridized carbons (Fsp3) is 0.400. The molecule has 0 aliphatic heterocycles. The summed E-state index contributed by atoms with van der Waals surface area (Å²) in [4.78, 5) is -0.355. The SMILES string of the molecule is NS(=O)(=O)c1cc(Cl)ccc1OCCCC(F)(F)F. The molecule has 0 aliphatic rings. The number of rotatable bonds is 5. The van der Waals surface area contributed by atoms with Gasteiger partial charge in [-0.3, -0.25) is 0 Å². The van der Waals surface area contributed by atoms with Crippen LogP contribution in [0.4, 0.5) is 13.2 Å². The maximum atomic E-state index is 11.9. The number of sulfonamides is 1. The number of alkyl halides is 3. The fourth-order valence-electron chi connectivity index (χ4n) is 1.28. The van der Waals surface area contributed by atoms with E-state index >= 15 is 0 Å². The van der Waals surface area contributed by atoms with Gasteiger partial charge in [-0.05, 0) is 24.6 Å². The van der Waals surface area contributed by atoms with Crippen LogP contribution in [0.2, 0.25) is 5.02 Å². The van der Waals surface area contributed by atoms with Crippen molar-refractivity contribution >= 4 is 21.6 Å². The van der Waals surface area contributed by atoms with Crippen molar-refractivity contribution in [2.45, 2.75) is 23.9 Å². The van der Waals surface area contributed by atoms with Gasteiger partial charge in [-0.25, -0.2) is 13.6 Å². The van der Waals surface area contributed by atoms with Crippen LogP contribution in [-0.4, -0.2) is 21.2 Å². The van der Waals surface area contributed by atoms with Crippen LogP contribution in [0.15, 0.2) is 23.1 Å². The van der Waals surface area contributed by atoms with E-state index in [4.69, 9.17) is 21.5 Å². The van der Waals surface area contributed by atoms with Crippen molar-refractivity contribution in [3.05, 3.63) is 23.2 Å². The maximum Gasteiger partial charge on any atom is 0.389 e. The Balaban J connectivity index is 2.74. The molecule has 0 unspecified atom stereocenters. The zero-order valence-corrected chi connectivity index (χ0v) is 11.1. The Hall–Kier alpha value is -0.990. The molecule has 1 aromatic rings. The van der Waals surface area contributed by atoms with E-state index in [1.165, 1.54) is 12.1 Å². The summed E-state index contributed by atoms with van der Waals surface area (Å²) in [5, 5.41) is 5.08. The van der Waals surface area contributed by atoms with Crippen molar-refractivity contribution in [1.82, 2.24) is 0 Å². The minimum Gasteiger partial charge on any atom is -0.492 e. The molecule has 1 aromatic carbocycles. The summed E-state index contributed by atoms with van der Waals surface area (Å²) in [5.41, 5.74) is 0. The van der Waals surface area contributed by atoms with Gasteiger partial charge in [0.15, 0.2) is 0 Å². The van der Waals surface area contributed by atoms with E-state index in [0.29, 0.717) is 0 Å². The summed E-state index contributed by atoms with van der Waals surface area (Å²) in [5.74, 6) is -0.117. The van der Waals surface area contributed by atoms with E-state index in [2.05, 4.69) is 0 Å². The molecule has 9 heteroatoms. The minimum atomic E-state index is -4.27. The molecule has 0 heterocycles. The number of hydrogen-bond donors (Lipinski definition) is 1. The molecule has 0 aromatic heterocycles. The van der Waals surface area contributed by atoms with Gasteiger partial charge in [-0.15, -0.1) is 0 Å². The molecule has 0 amide bonds. The largest absolute Gasteiger partial charge is 0.492 e. The third kappa shape index (κ3) is 5.66. The Kier molecular flexibility index (Phi) is 5.05. The molecular formula is C10H11ClF3NO3S. The second-order valence-electron chi connectivity index (χ2n) is 3.70. The number of ether oxygens (including phenoxy) is 1. The van der Waals surface area contributed by atoms with Gasteiger partial charge in [0.05, 0.1) is 6.61 Å². The van der Waals surface area contributed by atoms with Crippen molar-refractivity contribution in [3.63, 3.8) is 0 Å². The lowest BCUT2D eigenvalue weighted by Gasteiger charge is -2.11. The molecule has 0 aliphatic carbocycles. The predicted octanol–water partition coefficient (Wildman–Crippen LogP) is 2.71. The molecule has 19 heavy (non-hydrogen) atoms. The zero-order chi connectivity index (χ0) is 14.7. The fourth-order valence-corrected chi connectivity index (χ4v) is 2.21. The number of nitrogens with two attached hydrogens (primary N) is 1. The Morgan fingerprint density at radius 3 is 2.47 bits per heavy atom. The van der Waals surface area contributed by atoms with Gasteiger partial charge >= 0.3 is 6.18 Å². The van der Waals surface area contributed by atoms with E-state index in [1.807, 2.05) is 0 Å². The van der Waals surface area contributed by atoms with Crippen LogP contribution in [0.1, 0.15) is 12.8 Å². The summed E-state index contributed by atoms with van der Waals surface area (Å²) >= 11 is 5.62. The highest BCUT2D eigenvalue weighted by atomic mass is 35.5. The average molecular weight is 318 g/mol. The molecule has 0 radical (unpaired) electrons. The Labute approximate surface area is 113 Å². The van der Waals surface area contributed by atoms with Gasteiger partial charge < -0.3 is 4.74 Å². The topological polar surface area (TPSA) is 69.4 Å². The normalized spacial score (nSPS) is 12.5. The lowest BCUT2D eigenvalue weighted by atomic mass is 10.3. The van der Waals surface area contributed by atoms with E-state index in [9.17, 15) is 21.6 Å². The van der Waals surface area contributed by atoms with Crippen LogP contribution in [0.3, 0.4) is 0 Å². The highest BCUT2D eigenvalue weighted by Crippen LogP contribution is 2.27. The summed E-state index contributed by atoms with van der Waals surface area (Å²) < 4.78 is 63.3. The van der Waals surface area contributed by atoms with Gasteiger partial charge in [0, 0.05) is 11.4 Å². The first-order chi connectivity index (χ1) is 8.59. The molecule has 4 nitrogen and oxygen atoms in total. The van der Waals surface area contributed by atoms with E-state index < -0.39 is 22.6 Å². The highest BCUT2D eigenvalue weighted by molar-refractivity contribution is 7.89. The Morgan fingerprint density at radius 2 is 1.95 bits per heavy atom. The first-order valence-electron chi connectivity index (χ1n) is 5.11. The summed E-state index contributed by atoms with van der Waals surface area (Å²) in [6.07, 6.45) is -5.56. The van der Waals surface area contributed by atoms with Crippen molar-refractivity contribution in [2.75, 3.05) is 6.61 Å². The molecule has 1 rings (SSSR count). The molecule has 2 N–H and O–H groups in total. The van der Waals surface area contributed by atoms with Crippen LogP contribution < -0.4 is 9.88 Å². The van der Waals surface area contributed by atoms with Gasteiger partial charge in [-0.2, -0.15) is 13.2 Å². The monoisotopic (exact) mass is 317 g/mol. The maximum absolute atomic E-state index is 11.9. The predicted molar refractivity (Wildman–Crippen MR) is 63.6 cm³/mol. The zero-order valence-electron chi connectivity index (χ0n) is 9.58. The van der Waals surface area contributed by atoms with Gasteiger partial charge in [0.2, 0.25) is 10.0 Å². The second kappa shape index (κ2) is 5.98. The number of hydrogen-bond acceptors (Lipinski definition) is 3. The lowest BCUT2D eigenvalue weighted by molar-refractivity contribution is -0.136. The molecule has 0 spiro atoms. The number of halogens is 4. The standard InChI is InChI=1S/C10H11ClF3NO3S/c11-7-2-3-8(9(6-7)19(15,16)17)18-5-1-4-10(12,13)14/h2-3,6H,1,4-5H2,(H2,15,16,17). The van der Waals surface area contributed by atoms with E-state index in [0.717, 1.165) is 6.07 Å². The molecule has 0 atom stereocenters. The molecule has 0 saturated carbocycles. The molecular weight excluding hydrogens is 307 g/mol. The van der Waals surface area contributed by atoms with Gasteiger partial charge in [0.25, 0.3) is 0 Å². The summed E-state index contributed by atoms with van der Waals surface area (Å²) in [6, 6.07) is 3.68. The average Bonchev–Trinajstić information content (AvgIpc) is 2.23. The summed E-state index contributed by atoms with van der Waals surface area (Å²) in [7, 11) is -4.05. The molecule has 108 valence electrons. The first-order valence-corrected chi connectivity index (χ1v) is 7.04. The summed E-state index contributed by atoms with van der Waals surface area (Å²) in [6.45, 7) is -0.274. The quantitative estimate of drug-likeness (QED) is 0.849. The third-order valence-corrected chi connectivity index (χ3v) is 3.24. The highest BCUT2D eigenvalue weighted by Gasteiger charge is 2.26. The van der Waals surface area contributed by atoms with Crippen LogP contribution in [-0.2, 0) is 10.0 Å². The first kappa shape index (κ1) is 16.1. The van der Waals surface area contributed by atoms with Gasteiger partial charge in [0.1, 0.15) is 10.6 Å². The second-order valence-corrected chi connectivity index (χ2v) is 5.67. The lowest BCUT2D eigenvalue weighted by Crippen LogP contribution is -2.15. The van der Waals surface area contributed by atoms with E-state index in [1.54, 1.807) is 0 Å². The van der Waals surface area contributed by atoms with Crippen molar-refractivity contribution < 1.29 is 26.3 Å². The number of benzene rings is 1. The molecule has 0 saturated heterocycles. The molecule has 0 fully saturated rings.